The Bertz CT molecular complexity index is 196. The Morgan fingerprint density at radius 3 is 1.83 bits per heavy atom. The van der Waals surface area contributed by atoms with Gasteiger partial charge in [-0.3, -0.25) is 0 Å². The predicted molar refractivity (Wildman–Crippen MR) is 52.8 cm³/mol. The molecular formula is C12H17. The Morgan fingerprint density at radius 1 is 1.00 bits per heavy atom. The molecule has 65 valence electrons. The molecule has 0 aromatic carbocycles. The first-order valence-corrected chi connectivity index (χ1v) is 5.10. The molecule has 0 spiro atoms. The van der Waals surface area contributed by atoms with Crippen LogP contribution in [0.4, 0.5) is 0 Å². The van der Waals surface area contributed by atoms with Crippen molar-refractivity contribution in [1.29, 1.82) is 0 Å². The van der Waals surface area contributed by atoms with Crippen LogP contribution in [-0.2, 0) is 0 Å². The van der Waals surface area contributed by atoms with E-state index in [-0.39, 0.29) is 0 Å². The third-order valence-electron chi connectivity index (χ3n) is 3.05. The second-order valence-electron chi connectivity index (χ2n) is 3.87. The molecule has 0 aromatic heterocycles. The highest BCUT2D eigenvalue weighted by atomic mass is 14.2. The van der Waals surface area contributed by atoms with Crippen molar-refractivity contribution >= 4 is 0 Å². The monoisotopic (exact) mass is 161 g/mol. The second kappa shape index (κ2) is 3.47. The van der Waals surface area contributed by atoms with Crippen molar-refractivity contribution in [3.05, 3.63) is 29.2 Å². The Hall–Kier alpha value is -0.520. The lowest BCUT2D eigenvalue weighted by Gasteiger charge is -2.13. The molecule has 0 fully saturated rings. The van der Waals surface area contributed by atoms with Crippen LogP contribution in [0.2, 0.25) is 0 Å². The number of rotatable bonds is 2. The normalized spacial score (nSPS) is 23.2. The zero-order chi connectivity index (χ0) is 8.39. The molecule has 0 aromatic rings. The van der Waals surface area contributed by atoms with E-state index in [1.54, 1.807) is 17.1 Å². The van der Waals surface area contributed by atoms with Gasteiger partial charge < -0.3 is 0 Å². The lowest BCUT2D eigenvalue weighted by molar-refractivity contribution is 0.864. The van der Waals surface area contributed by atoms with Gasteiger partial charge in [0.2, 0.25) is 0 Å². The van der Waals surface area contributed by atoms with Crippen LogP contribution in [0.15, 0.2) is 23.3 Å². The van der Waals surface area contributed by atoms with Gasteiger partial charge in [-0.05, 0) is 38.5 Å². The molecule has 1 radical (unpaired) electrons. The minimum Gasteiger partial charge on any atom is -0.0844 e. The van der Waals surface area contributed by atoms with Crippen molar-refractivity contribution in [3.8, 4) is 0 Å². The van der Waals surface area contributed by atoms with Crippen LogP contribution in [0.1, 0.15) is 45.4 Å². The van der Waals surface area contributed by atoms with E-state index in [4.69, 9.17) is 0 Å². The van der Waals surface area contributed by atoms with Crippen molar-refractivity contribution in [1.82, 2.24) is 0 Å². The maximum absolute atomic E-state index is 2.43. The summed E-state index contributed by atoms with van der Waals surface area (Å²) >= 11 is 0. The molecule has 12 heavy (non-hydrogen) atoms. The highest BCUT2D eigenvalue weighted by Crippen LogP contribution is 2.35. The van der Waals surface area contributed by atoms with E-state index < -0.39 is 0 Å². The number of allylic oxidation sites excluding steroid dienone is 4. The van der Waals surface area contributed by atoms with Crippen LogP contribution in [0.5, 0.6) is 0 Å². The predicted octanol–water partition coefficient (Wildman–Crippen LogP) is 3.80. The van der Waals surface area contributed by atoms with Crippen LogP contribution in [0.25, 0.3) is 0 Å². The second-order valence-corrected chi connectivity index (χ2v) is 3.87. The first kappa shape index (κ1) is 8.10. The van der Waals surface area contributed by atoms with E-state index in [2.05, 4.69) is 19.1 Å². The fourth-order valence-corrected chi connectivity index (χ4v) is 2.23. The Kier molecular flexibility index (Phi) is 2.34. The van der Waals surface area contributed by atoms with Gasteiger partial charge in [0.05, 0.1) is 0 Å². The van der Waals surface area contributed by atoms with Crippen molar-refractivity contribution in [2.45, 2.75) is 45.4 Å². The van der Waals surface area contributed by atoms with E-state index in [0.717, 1.165) is 0 Å². The largest absolute Gasteiger partial charge is 0.0844 e. The Morgan fingerprint density at radius 2 is 1.50 bits per heavy atom. The molecule has 2 rings (SSSR count). The van der Waals surface area contributed by atoms with Crippen molar-refractivity contribution in [3.63, 3.8) is 0 Å². The molecule has 0 amide bonds. The number of hydrogen-bond acceptors (Lipinski definition) is 0. The van der Waals surface area contributed by atoms with E-state index in [0.29, 0.717) is 0 Å². The molecule has 0 bridgehead atoms. The summed E-state index contributed by atoms with van der Waals surface area (Å²) in [6.07, 6.45) is 12.9. The van der Waals surface area contributed by atoms with Gasteiger partial charge in [-0.1, -0.05) is 30.2 Å². The lowest BCUT2D eigenvalue weighted by atomic mass is 9.92. The Balaban J connectivity index is 2.03. The van der Waals surface area contributed by atoms with Gasteiger partial charge >= 0.3 is 0 Å². The molecule has 0 heterocycles. The Labute approximate surface area is 75.4 Å². The summed E-state index contributed by atoms with van der Waals surface area (Å²) in [4.78, 5) is 0. The molecule has 0 nitrogen and oxygen atoms in total. The highest BCUT2D eigenvalue weighted by Gasteiger charge is 2.18. The lowest BCUT2D eigenvalue weighted by Crippen LogP contribution is -1.96. The maximum atomic E-state index is 2.43. The smallest absolute Gasteiger partial charge is 0.0220 e. The van der Waals surface area contributed by atoms with Gasteiger partial charge in [-0.2, -0.15) is 0 Å². The molecule has 2 aliphatic rings. The van der Waals surface area contributed by atoms with Gasteiger partial charge in [0.1, 0.15) is 0 Å². The topological polar surface area (TPSA) is 0 Å². The third kappa shape index (κ3) is 1.48. The number of hydrogen-bond donors (Lipinski definition) is 0. The minimum absolute atomic E-state index is 1.31. The summed E-state index contributed by atoms with van der Waals surface area (Å²) in [6.45, 7) is 2.30. The van der Waals surface area contributed by atoms with E-state index in [1.807, 2.05) is 0 Å². The van der Waals surface area contributed by atoms with Gasteiger partial charge in [0.15, 0.2) is 0 Å². The van der Waals surface area contributed by atoms with Crippen LogP contribution >= 0.6 is 0 Å². The molecule has 0 saturated heterocycles. The average Bonchev–Trinajstić information content (AvgIpc) is 2.77. The van der Waals surface area contributed by atoms with Crippen molar-refractivity contribution < 1.29 is 0 Å². The van der Waals surface area contributed by atoms with Crippen molar-refractivity contribution in [2.24, 2.45) is 0 Å². The van der Waals surface area contributed by atoms with Crippen molar-refractivity contribution in [2.75, 3.05) is 0 Å². The van der Waals surface area contributed by atoms with Gasteiger partial charge in [-0.15, -0.1) is 0 Å². The highest BCUT2D eigenvalue weighted by molar-refractivity contribution is 5.41. The van der Waals surface area contributed by atoms with Crippen LogP contribution in [0, 0.1) is 5.92 Å². The zero-order valence-corrected chi connectivity index (χ0v) is 7.90. The van der Waals surface area contributed by atoms with Crippen LogP contribution in [-0.4, -0.2) is 0 Å². The van der Waals surface area contributed by atoms with E-state index in [9.17, 15) is 0 Å². The fourth-order valence-electron chi connectivity index (χ4n) is 2.23. The van der Waals surface area contributed by atoms with Gasteiger partial charge in [0.25, 0.3) is 0 Å². The quantitative estimate of drug-likeness (QED) is 0.578. The van der Waals surface area contributed by atoms with E-state index >= 15 is 0 Å². The summed E-state index contributed by atoms with van der Waals surface area (Å²) in [7, 11) is 0. The third-order valence-corrected chi connectivity index (χ3v) is 3.05. The standard InChI is InChI=1S/C12H17/c1-10(11-6-2-3-7-11)12-8-4-5-9-12/h6,8H,2-5,7,9H2,1H3. The average molecular weight is 161 g/mol. The molecule has 0 saturated carbocycles. The first-order valence-electron chi connectivity index (χ1n) is 5.10. The summed E-state index contributed by atoms with van der Waals surface area (Å²) in [5.41, 5.74) is 3.26. The molecule has 0 aliphatic heterocycles. The maximum Gasteiger partial charge on any atom is 0.0220 e. The summed E-state index contributed by atoms with van der Waals surface area (Å²) in [5.74, 6) is 1.59. The molecule has 0 N–H and O–H groups in total. The van der Waals surface area contributed by atoms with Gasteiger partial charge in [-0.25, -0.2) is 0 Å². The van der Waals surface area contributed by atoms with E-state index in [1.165, 1.54) is 38.5 Å². The molecule has 0 unspecified atom stereocenters. The zero-order valence-electron chi connectivity index (χ0n) is 7.90. The van der Waals surface area contributed by atoms with Crippen LogP contribution in [0.3, 0.4) is 0 Å². The fraction of sp³-hybridized carbons (Fsp3) is 0.583. The summed E-state index contributed by atoms with van der Waals surface area (Å²) in [6, 6.07) is 0. The molecular weight excluding hydrogens is 144 g/mol. The molecule has 0 heteroatoms. The molecule has 0 atom stereocenters. The SMILES string of the molecule is C[C](C1=CCCC1)C1=CCCC1. The summed E-state index contributed by atoms with van der Waals surface area (Å²) in [5, 5.41) is 0. The minimum atomic E-state index is 1.31. The summed E-state index contributed by atoms with van der Waals surface area (Å²) < 4.78 is 0. The van der Waals surface area contributed by atoms with Gasteiger partial charge in [0, 0.05) is 5.92 Å². The van der Waals surface area contributed by atoms with Crippen LogP contribution < -0.4 is 0 Å². The first-order chi connectivity index (χ1) is 5.88. The molecule has 2 aliphatic carbocycles.